The maximum atomic E-state index is 9.73. The molecular formula is C14H22O. The smallest absolute Gasteiger partial charge is 0.0543 e. The highest BCUT2D eigenvalue weighted by atomic mass is 16.3. The molecule has 0 aliphatic rings. The Kier molecular flexibility index (Phi) is 5.41. The molecule has 1 aromatic carbocycles. The van der Waals surface area contributed by atoms with Crippen LogP contribution in [-0.2, 0) is 6.42 Å². The predicted octanol–water partition coefficient (Wildman–Crippen LogP) is 3.48. The summed E-state index contributed by atoms with van der Waals surface area (Å²) < 4.78 is 0. The van der Waals surface area contributed by atoms with Gasteiger partial charge in [-0.2, -0.15) is 0 Å². The summed E-state index contributed by atoms with van der Waals surface area (Å²) in [6.07, 6.45) is 5.02. The first kappa shape index (κ1) is 12.3. The molecule has 1 N–H and O–H groups in total. The summed E-state index contributed by atoms with van der Waals surface area (Å²) in [5.74, 6) is 0. The molecule has 15 heavy (non-hydrogen) atoms. The van der Waals surface area contributed by atoms with E-state index >= 15 is 0 Å². The van der Waals surface area contributed by atoms with E-state index in [2.05, 4.69) is 38.1 Å². The van der Waals surface area contributed by atoms with Crippen LogP contribution in [0.3, 0.4) is 0 Å². The number of aliphatic hydroxyl groups is 1. The second kappa shape index (κ2) is 6.62. The van der Waals surface area contributed by atoms with E-state index in [1.54, 1.807) is 0 Å². The average Bonchev–Trinajstić information content (AvgIpc) is 2.25. The number of hydrogen-bond donors (Lipinski definition) is 1. The Balaban J connectivity index is 2.33. The average molecular weight is 206 g/mol. The normalized spacial score (nSPS) is 12.7. The molecule has 0 radical (unpaired) electrons. The first-order valence-electron chi connectivity index (χ1n) is 5.96. The molecule has 0 heterocycles. The van der Waals surface area contributed by atoms with Crippen molar-refractivity contribution in [2.24, 2.45) is 0 Å². The van der Waals surface area contributed by atoms with E-state index in [0.717, 1.165) is 25.7 Å². The molecule has 1 atom stereocenters. The minimum atomic E-state index is -0.121. The molecule has 1 unspecified atom stereocenters. The topological polar surface area (TPSA) is 20.2 Å². The van der Waals surface area contributed by atoms with Crippen molar-refractivity contribution in [3.63, 3.8) is 0 Å². The van der Waals surface area contributed by atoms with Gasteiger partial charge in [-0.25, -0.2) is 0 Å². The van der Waals surface area contributed by atoms with Crippen molar-refractivity contribution in [2.45, 2.75) is 52.1 Å². The summed E-state index contributed by atoms with van der Waals surface area (Å²) in [5.41, 5.74) is 2.70. The summed E-state index contributed by atoms with van der Waals surface area (Å²) in [6.45, 7) is 4.29. The Labute approximate surface area is 93.1 Å². The zero-order chi connectivity index (χ0) is 11.1. The summed E-state index contributed by atoms with van der Waals surface area (Å²) in [7, 11) is 0. The molecule has 0 fully saturated rings. The third-order valence-electron chi connectivity index (χ3n) is 2.90. The van der Waals surface area contributed by atoms with Gasteiger partial charge in [-0.05, 0) is 37.3 Å². The van der Waals surface area contributed by atoms with Crippen LogP contribution in [0.1, 0.15) is 43.7 Å². The lowest BCUT2D eigenvalue weighted by molar-refractivity contribution is 0.152. The molecule has 1 nitrogen and oxygen atoms in total. The second-order valence-electron chi connectivity index (χ2n) is 4.26. The largest absolute Gasteiger partial charge is 0.393 e. The molecule has 1 aromatic rings. The number of aliphatic hydroxyl groups excluding tert-OH is 1. The fourth-order valence-electron chi connectivity index (χ4n) is 1.80. The van der Waals surface area contributed by atoms with Crippen LogP contribution in [0, 0.1) is 6.92 Å². The van der Waals surface area contributed by atoms with Crippen LogP contribution in [0.2, 0.25) is 0 Å². The van der Waals surface area contributed by atoms with Gasteiger partial charge < -0.3 is 5.11 Å². The predicted molar refractivity (Wildman–Crippen MR) is 65.0 cm³/mol. The third kappa shape index (κ3) is 4.48. The van der Waals surface area contributed by atoms with E-state index in [1.165, 1.54) is 17.5 Å². The van der Waals surface area contributed by atoms with Crippen molar-refractivity contribution in [3.8, 4) is 0 Å². The molecular weight excluding hydrogens is 184 g/mol. The lowest BCUT2D eigenvalue weighted by atomic mass is 10.00. The van der Waals surface area contributed by atoms with Crippen molar-refractivity contribution in [3.05, 3.63) is 35.4 Å². The van der Waals surface area contributed by atoms with Gasteiger partial charge in [0.25, 0.3) is 0 Å². The monoisotopic (exact) mass is 206 g/mol. The van der Waals surface area contributed by atoms with Gasteiger partial charge in [-0.1, -0.05) is 44.0 Å². The highest BCUT2D eigenvalue weighted by Gasteiger charge is 2.04. The second-order valence-corrected chi connectivity index (χ2v) is 4.26. The van der Waals surface area contributed by atoms with E-state index in [0.29, 0.717) is 0 Å². The molecule has 0 amide bonds. The minimum absolute atomic E-state index is 0.121. The van der Waals surface area contributed by atoms with Crippen LogP contribution in [-0.4, -0.2) is 11.2 Å². The molecule has 0 aliphatic carbocycles. The van der Waals surface area contributed by atoms with Gasteiger partial charge in [-0.15, -0.1) is 0 Å². The molecule has 0 aromatic heterocycles. The van der Waals surface area contributed by atoms with Gasteiger partial charge in [0.2, 0.25) is 0 Å². The van der Waals surface area contributed by atoms with Crippen LogP contribution in [0.25, 0.3) is 0 Å². The maximum Gasteiger partial charge on any atom is 0.0543 e. The summed E-state index contributed by atoms with van der Waals surface area (Å²) in [4.78, 5) is 0. The van der Waals surface area contributed by atoms with Crippen LogP contribution < -0.4 is 0 Å². The van der Waals surface area contributed by atoms with Gasteiger partial charge in [-0.3, -0.25) is 0 Å². The minimum Gasteiger partial charge on any atom is -0.393 e. The van der Waals surface area contributed by atoms with E-state index in [4.69, 9.17) is 0 Å². The van der Waals surface area contributed by atoms with Crippen molar-refractivity contribution >= 4 is 0 Å². The van der Waals surface area contributed by atoms with Crippen molar-refractivity contribution in [1.29, 1.82) is 0 Å². The number of aryl methyl sites for hydroxylation is 2. The van der Waals surface area contributed by atoms with Crippen LogP contribution in [0.15, 0.2) is 24.3 Å². The standard InChI is InChI=1S/C14H22O/c1-3-4-9-14(15)11-10-13-8-6-5-7-12(13)2/h5-8,14-15H,3-4,9-11H2,1-2H3. The molecule has 0 saturated heterocycles. The Morgan fingerprint density at radius 1 is 1.20 bits per heavy atom. The summed E-state index contributed by atoms with van der Waals surface area (Å²) in [6, 6.07) is 8.42. The first-order valence-corrected chi connectivity index (χ1v) is 5.96. The highest BCUT2D eigenvalue weighted by molar-refractivity contribution is 5.25. The van der Waals surface area contributed by atoms with Crippen LogP contribution >= 0.6 is 0 Å². The third-order valence-corrected chi connectivity index (χ3v) is 2.90. The SMILES string of the molecule is CCCCC(O)CCc1ccccc1C. The maximum absolute atomic E-state index is 9.73. The lowest BCUT2D eigenvalue weighted by Gasteiger charge is -2.10. The number of hydrogen-bond acceptors (Lipinski definition) is 1. The molecule has 0 aliphatic heterocycles. The fraction of sp³-hybridized carbons (Fsp3) is 0.571. The van der Waals surface area contributed by atoms with Gasteiger partial charge in [0.1, 0.15) is 0 Å². The van der Waals surface area contributed by atoms with Gasteiger partial charge in [0, 0.05) is 0 Å². The van der Waals surface area contributed by atoms with Crippen molar-refractivity contribution in [2.75, 3.05) is 0 Å². The summed E-state index contributed by atoms with van der Waals surface area (Å²) in [5, 5.41) is 9.73. The first-order chi connectivity index (χ1) is 7.24. The van der Waals surface area contributed by atoms with E-state index in [1.807, 2.05) is 0 Å². The number of benzene rings is 1. The van der Waals surface area contributed by atoms with Crippen LogP contribution in [0.5, 0.6) is 0 Å². The van der Waals surface area contributed by atoms with Crippen molar-refractivity contribution < 1.29 is 5.11 Å². The Morgan fingerprint density at radius 2 is 1.93 bits per heavy atom. The molecule has 1 rings (SSSR count). The quantitative estimate of drug-likeness (QED) is 0.755. The Morgan fingerprint density at radius 3 is 2.60 bits per heavy atom. The van der Waals surface area contributed by atoms with Crippen LogP contribution in [0.4, 0.5) is 0 Å². The van der Waals surface area contributed by atoms with E-state index in [9.17, 15) is 5.11 Å². The van der Waals surface area contributed by atoms with Gasteiger partial charge >= 0.3 is 0 Å². The van der Waals surface area contributed by atoms with Gasteiger partial charge in [0.05, 0.1) is 6.10 Å². The summed E-state index contributed by atoms with van der Waals surface area (Å²) >= 11 is 0. The number of rotatable bonds is 6. The molecule has 1 heteroatoms. The highest BCUT2D eigenvalue weighted by Crippen LogP contribution is 2.13. The Bertz CT molecular complexity index is 280. The molecule has 0 saturated carbocycles. The Hall–Kier alpha value is -0.820. The fourth-order valence-corrected chi connectivity index (χ4v) is 1.80. The molecule has 84 valence electrons. The van der Waals surface area contributed by atoms with Crippen molar-refractivity contribution in [1.82, 2.24) is 0 Å². The van der Waals surface area contributed by atoms with E-state index in [-0.39, 0.29) is 6.10 Å². The van der Waals surface area contributed by atoms with Gasteiger partial charge in [0.15, 0.2) is 0 Å². The number of unbranched alkanes of at least 4 members (excludes halogenated alkanes) is 1. The zero-order valence-corrected chi connectivity index (χ0v) is 9.87. The molecule has 0 spiro atoms. The molecule has 0 bridgehead atoms. The van der Waals surface area contributed by atoms with E-state index < -0.39 is 0 Å². The lowest BCUT2D eigenvalue weighted by Crippen LogP contribution is -2.08. The zero-order valence-electron chi connectivity index (χ0n) is 9.87.